The third kappa shape index (κ3) is 2.29. The van der Waals surface area contributed by atoms with E-state index in [0.717, 1.165) is 18.9 Å². The van der Waals surface area contributed by atoms with E-state index in [4.69, 9.17) is 10.5 Å². The molecule has 2 fully saturated rings. The zero-order chi connectivity index (χ0) is 10.2. The Morgan fingerprint density at radius 2 is 2.00 bits per heavy atom. The van der Waals surface area contributed by atoms with Gasteiger partial charge in [-0.25, -0.2) is 0 Å². The van der Waals surface area contributed by atoms with Gasteiger partial charge in [0.15, 0.2) is 0 Å². The summed E-state index contributed by atoms with van der Waals surface area (Å²) in [5.41, 5.74) is 6.45. The first kappa shape index (κ1) is 10.4. The molecule has 2 aliphatic rings. The highest BCUT2D eigenvalue weighted by Crippen LogP contribution is 2.38. The van der Waals surface area contributed by atoms with Crippen LogP contribution in [0.5, 0.6) is 0 Å². The summed E-state index contributed by atoms with van der Waals surface area (Å²) >= 11 is 0. The molecule has 2 nitrogen and oxygen atoms in total. The van der Waals surface area contributed by atoms with Gasteiger partial charge in [-0.3, -0.25) is 0 Å². The number of nitrogens with two attached hydrogens (primary N) is 1. The molecule has 2 saturated carbocycles. The van der Waals surface area contributed by atoms with Gasteiger partial charge in [0.25, 0.3) is 0 Å². The SMILES string of the molecule is CC1(C)CCC(OCCC2CC2)C1N. The van der Waals surface area contributed by atoms with Crippen molar-refractivity contribution in [2.75, 3.05) is 6.61 Å². The van der Waals surface area contributed by atoms with E-state index in [1.165, 1.54) is 25.7 Å². The van der Waals surface area contributed by atoms with Crippen molar-refractivity contribution in [2.45, 2.75) is 58.1 Å². The van der Waals surface area contributed by atoms with Crippen molar-refractivity contribution < 1.29 is 4.74 Å². The summed E-state index contributed by atoms with van der Waals surface area (Å²) < 4.78 is 5.88. The Balaban J connectivity index is 1.70. The summed E-state index contributed by atoms with van der Waals surface area (Å²) in [4.78, 5) is 0. The zero-order valence-electron chi connectivity index (χ0n) is 9.46. The molecule has 0 radical (unpaired) electrons. The largest absolute Gasteiger partial charge is 0.377 e. The van der Waals surface area contributed by atoms with Gasteiger partial charge in [0.2, 0.25) is 0 Å². The first-order valence-electron chi connectivity index (χ1n) is 5.97. The molecule has 0 aliphatic heterocycles. The van der Waals surface area contributed by atoms with E-state index in [2.05, 4.69) is 13.8 Å². The van der Waals surface area contributed by atoms with Gasteiger partial charge in [-0.2, -0.15) is 0 Å². The Bertz CT molecular complexity index is 198. The molecule has 0 aromatic heterocycles. The summed E-state index contributed by atoms with van der Waals surface area (Å²) in [5, 5.41) is 0. The molecule has 2 N–H and O–H groups in total. The molecular weight excluding hydrogens is 174 g/mol. The number of ether oxygens (including phenoxy) is 1. The molecule has 2 rings (SSSR count). The maximum absolute atomic E-state index is 6.16. The van der Waals surface area contributed by atoms with Gasteiger partial charge in [0.1, 0.15) is 0 Å². The summed E-state index contributed by atoms with van der Waals surface area (Å²) in [6, 6.07) is 0.238. The van der Waals surface area contributed by atoms with E-state index in [0.29, 0.717) is 6.10 Å². The van der Waals surface area contributed by atoms with Crippen molar-refractivity contribution in [1.82, 2.24) is 0 Å². The van der Waals surface area contributed by atoms with Crippen molar-refractivity contribution in [3.05, 3.63) is 0 Å². The van der Waals surface area contributed by atoms with Crippen LogP contribution in [-0.4, -0.2) is 18.8 Å². The minimum absolute atomic E-state index is 0.238. The van der Waals surface area contributed by atoms with Crippen molar-refractivity contribution in [1.29, 1.82) is 0 Å². The molecule has 0 amide bonds. The number of hydrogen-bond donors (Lipinski definition) is 1. The van der Waals surface area contributed by atoms with E-state index < -0.39 is 0 Å². The highest BCUT2D eigenvalue weighted by molar-refractivity contribution is 4.95. The van der Waals surface area contributed by atoms with Crippen LogP contribution in [0, 0.1) is 11.3 Å². The lowest BCUT2D eigenvalue weighted by molar-refractivity contribution is 0.0343. The van der Waals surface area contributed by atoms with Crippen molar-refractivity contribution in [3.63, 3.8) is 0 Å². The molecule has 0 aromatic rings. The molecule has 0 heterocycles. The fourth-order valence-corrected chi connectivity index (χ4v) is 2.34. The van der Waals surface area contributed by atoms with Gasteiger partial charge in [-0.15, -0.1) is 0 Å². The lowest BCUT2D eigenvalue weighted by Gasteiger charge is -2.26. The summed E-state index contributed by atoms with van der Waals surface area (Å²) in [6.45, 7) is 5.43. The predicted molar refractivity (Wildman–Crippen MR) is 58.1 cm³/mol. The average molecular weight is 197 g/mol. The van der Waals surface area contributed by atoms with Crippen LogP contribution in [0.25, 0.3) is 0 Å². The molecule has 2 unspecified atom stereocenters. The lowest BCUT2D eigenvalue weighted by Crippen LogP contribution is -2.41. The van der Waals surface area contributed by atoms with Gasteiger partial charge in [-0.05, 0) is 30.6 Å². The first-order chi connectivity index (χ1) is 6.59. The average Bonchev–Trinajstić information content (AvgIpc) is 2.89. The summed E-state index contributed by atoms with van der Waals surface area (Å²) in [6.07, 6.45) is 6.78. The van der Waals surface area contributed by atoms with Crippen LogP contribution in [0.2, 0.25) is 0 Å². The Morgan fingerprint density at radius 3 is 2.50 bits per heavy atom. The molecule has 0 saturated heterocycles. The molecule has 82 valence electrons. The fraction of sp³-hybridized carbons (Fsp3) is 1.00. The van der Waals surface area contributed by atoms with Gasteiger partial charge in [-0.1, -0.05) is 26.7 Å². The second kappa shape index (κ2) is 3.82. The lowest BCUT2D eigenvalue weighted by atomic mass is 9.88. The third-order valence-electron chi connectivity index (χ3n) is 3.93. The van der Waals surface area contributed by atoms with Crippen LogP contribution in [0.3, 0.4) is 0 Å². The monoisotopic (exact) mass is 197 g/mol. The standard InChI is InChI=1S/C12H23NO/c1-12(2)7-5-10(11(12)13)14-8-6-9-3-4-9/h9-11H,3-8,13H2,1-2H3. The normalized spacial score (nSPS) is 36.2. The molecular formula is C12H23NO. The van der Waals surface area contributed by atoms with Crippen molar-refractivity contribution >= 4 is 0 Å². The molecule has 2 aliphatic carbocycles. The molecule has 0 bridgehead atoms. The minimum Gasteiger partial charge on any atom is -0.377 e. The maximum atomic E-state index is 6.16. The van der Waals surface area contributed by atoms with Gasteiger partial charge in [0.05, 0.1) is 6.10 Å². The first-order valence-corrected chi connectivity index (χ1v) is 5.97. The molecule has 2 atom stereocenters. The van der Waals surface area contributed by atoms with E-state index in [1.54, 1.807) is 0 Å². The smallest absolute Gasteiger partial charge is 0.0731 e. The van der Waals surface area contributed by atoms with Crippen LogP contribution >= 0.6 is 0 Å². The highest BCUT2D eigenvalue weighted by Gasteiger charge is 2.40. The summed E-state index contributed by atoms with van der Waals surface area (Å²) in [7, 11) is 0. The van der Waals surface area contributed by atoms with Crippen LogP contribution in [-0.2, 0) is 4.74 Å². The Labute approximate surface area is 87.2 Å². The van der Waals surface area contributed by atoms with Gasteiger partial charge < -0.3 is 10.5 Å². The quantitative estimate of drug-likeness (QED) is 0.750. The van der Waals surface area contributed by atoms with Crippen molar-refractivity contribution in [2.24, 2.45) is 17.1 Å². The Morgan fingerprint density at radius 1 is 1.29 bits per heavy atom. The van der Waals surface area contributed by atoms with Gasteiger partial charge in [0, 0.05) is 12.6 Å². The van der Waals surface area contributed by atoms with Gasteiger partial charge >= 0.3 is 0 Å². The van der Waals surface area contributed by atoms with Crippen LogP contribution < -0.4 is 5.73 Å². The minimum atomic E-state index is 0.238. The Hall–Kier alpha value is -0.0800. The maximum Gasteiger partial charge on any atom is 0.0731 e. The summed E-state index contributed by atoms with van der Waals surface area (Å²) in [5.74, 6) is 0.973. The van der Waals surface area contributed by atoms with E-state index >= 15 is 0 Å². The topological polar surface area (TPSA) is 35.2 Å². The van der Waals surface area contributed by atoms with Crippen LogP contribution in [0.1, 0.15) is 46.0 Å². The van der Waals surface area contributed by atoms with Crippen molar-refractivity contribution in [3.8, 4) is 0 Å². The Kier molecular flexibility index (Phi) is 2.85. The van der Waals surface area contributed by atoms with E-state index in [1.807, 2.05) is 0 Å². The number of hydrogen-bond acceptors (Lipinski definition) is 2. The second-order valence-corrected chi connectivity index (χ2v) is 5.69. The second-order valence-electron chi connectivity index (χ2n) is 5.69. The molecule has 2 heteroatoms. The molecule has 14 heavy (non-hydrogen) atoms. The third-order valence-corrected chi connectivity index (χ3v) is 3.93. The fourth-order valence-electron chi connectivity index (χ4n) is 2.34. The molecule has 0 spiro atoms. The highest BCUT2D eigenvalue weighted by atomic mass is 16.5. The van der Waals surface area contributed by atoms with E-state index in [9.17, 15) is 0 Å². The zero-order valence-corrected chi connectivity index (χ0v) is 9.46. The van der Waals surface area contributed by atoms with Crippen LogP contribution in [0.15, 0.2) is 0 Å². The predicted octanol–water partition coefficient (Wildman–Crippen LogP) is 2.32. The van der Waals surface area contributed by atoms with E-state index in [-0.39, 0.29) is 11.5 Å². The molecule has 0 aromatic carbocycles. The van der Waals surface area contributed by atoms with Crippen LogP contribution in [0.4, 0.5) is 0 Å². The number of rotatable bonds is 4.